The first kappa shape index (κ1) is 14.7. The molecule has 2 heterocycles. The van der Waals surface area contributed by atoms with E-state index in [4.69, 9.17) is 16.3 Å². The summed E-state index contributed by atoms with van der Waals surface area (Å²) in [4.78, 5) is 3.91. The number of hydrogen-bond acceptors (Lipinski definition) is 4. The first-order valence-electron chi connectivity index (χ1n) is 6.19. The maximum Gasteiger partial charge on any atom is 0.246 e. The Kier molecular flexibility index (Phi) is 4.45. The lowest BCUT2D eigenvalue weighted by Gasteiger charge is -2.37. The van der Waals surface area contributed by atoms with E-state index in [9.17, 15) is 8.42 Å². The van der Waals surface area contributed by atoms with E-state index in [0.717, 1.165) is 0 Å². The molecule has 2 atom stereocenters. The molecule has 0 aliphatic carbocycles. The van der Waals surface area contributed by atoms with Crippen LogP contribution in [0.2, 0.25) is 5.02 Å². The number of pyridine rings is 1. The Morgan fingerprint density at radius 2 is 2.32 bits per heavy atom. The van der Waals surface area contributed by atoms with Gasteiger partial charge in [0, 0.05) is 25.0 Å². The minimum Gasteiger partial charge on any atom is -0.375 e. The Morgan fingerprint density at radius 1 is 1.58 bits per heavy atom. The standard InChI is InChI=1S/C12H17ClN2O3S/c1-3-10-8-18-9(2)7-15(10)19(16,17)12-6-14-5-4-11(12)13/h4-6,9-10H,3,7-8H2,1-2H3. The summed E-state index contributed by atoms with van der Waals surface area (Å²) in [6, 6.07) is 1.33. The van der Waals surface area contributed by atoms with Crippen LogP contribution in [-0.4, -0.2) is 43.0 Å². The van der Waals surface area contributed by atoms with E-state index in [-0.39, 0.29) is 22.1 Å². The van der Waals surface area contributed by atoms with E-state index in [1.54, 1.807) is 0 Å². The van der Waals surface area contributed by atoms with Crippen molar-refractivity contribution in [2.75, 3.05) is 13.2 Å². The summed E-state index contributed by atoms with van der Waals surface area (Å²) >= 11 is 5.98. The van der Waals surface area contributed by atoms with Gasteiger partial charge in [-0.25, -0.2) is 8.42 Å². The van der Waals surface area contributed by atoms with Crippen LogP contribution in [0.15, 0.2) is 23.4 Å². The van der Waals surface area contributed by atoms with Crippen LogP contribution < -0.4 is 0 Å². The van der Waals surface area contributed by atoms with Gasteiger partial charge in [-0.2, -0.15) is 4.31 Å². The summed E-state index contributed by atoms with van der Waals surface area (Å²) in [5, 5.41) is 0.198. The van der Waals surface area contributed by atoms with Gasteiger partial charge < -0.3 is 4.74 Å². The normalized spacial score (nSPS) is 25.4. The molecule has 5 nitrogen and oxygen atoms in total. The van der Waals surface area contributed by atoms with Gasteiger partial charge in [-0.1, -0.05) is 18.5 Å². The van der Waals surface area contributed by atoms with Gasteiger partial charge in [-0.15, -0.1) is 0 Å². The Hall–Kier alpha value is -0.690. The van der Waals surface area contributed by atoms with Gasteiger partial charge in [0.25, 0.3) is 0 Å². The average molecular weight is 305 g/mol. The molecular weight excluding hydrogens is 288 g/mol. The highest BCUT2D eigenvalue weighted by Crippen LogP contribution is 2.27. The van der Waals surface area contributed by atoms with Crippen molar-refractivity contribution in [3.63, 3.8) is 0 Å². The third kappa shape index (κ3) is 2.91. The second-order valence-corrected chi connectivity index (χ2v) is 6.85. The third-order valence-electron chi connectivity index (χ3n) is 3.21. The molecule has 1 aliphatic rings. The Balaban J connectivity index is 2.40. The molecule has 2 unspecified atom stereocenters. The van der Waals surface area contributed by atoms with Gasteiger partial charge >= 0.3 is 0 Å². The number of sulfonamides is 1. The van der Waals surface area contributed by atoms with E-state index >= 15 is 0 Å². The number of halogens is 1. The second kappa shape index (κ2) is 5.75. The van der Waals surface area contributed by atoms with E-state index < -0.39 is 10.0 Å². The summed E-state index contributed by atoms with van der Waals surface area (Å²) < 4.78 is 32.3. The van der Waals surface area contributed by atoms with Crippen molar-refractivity contribution in [2.24, 2.45) is 0 Å². The molecule has 1 saturated heterocycles. The summed E-state index contributed by atoms with van der Waals surface area (Å²) in [6.07, 6.45) is 3.35. The fraction of sp³-hybridized carbons (Fsp3) is 0.583. The lowest BCUT2D eigenvalue weighted by Crippen LogP contribution is -2.51. The quantitative estimate of drug-likeness (QED) is 0.856. The molecule has 0 spiro atoms. The van der Waals surface area contributed by atoms with E-state index in [2.05, 4.69) is 4.98 Å². The molecular formula is C12H17ClN2O3S. The van der Waals surface area contributed by atoms with Crippen LogP contribution in [0.25, 0.3) is 0 Å². The molecule has 0 radical (unpaired) electrons. The van der Waals surface area contributed by atoms with Crippen molar-refractivity contribution in [1.29, 1.82) is 0 Å². The summed E-state index contributed by atoms with van der Waals surface area (Å²) in [5.74, 6) is 0. The molecule has 0 bridgehead atoms. The molecule has 0 aromatic carbocycles. The van der Waals surface area contributed by atoms with Crippen LogP contribution in [0.3, 0.4) is 0 Å². The molecule has 2 rings (SSSR count). The number of nitrogens with zero attached hydrogens (tertiary/aromatic N) is 2. The first-order chi connectivity index (χ1) is 8.96. The predicted octanol–water partition coefficient (Wildman–Crippen LogP) is 1.92. The number of ether oxygens (including phenoxy) is 1. The maximum absolute atomic E-state index is 12.7. The van der Waals surface area contributed by atoms with Gasteiger partial charge in [-0.3, -0.25) is 4.98 Å². The Bertz CT molecular complexity index is 550. The highest BCUT2D eigenvalue weighted by molar-refractivity contribution is 7.89. The Labute approximate surface area is 118 Å². The topological polar surface area (TPSA) is 59.5 Å². The zero-order chi connectivity index (χ0) is 14.0. The molecule has 1 aromatic heterocycles. The molecule has 19 heavy (non-hydrogen) atoms. The molecule has 0 N–H and O–H groups in total. The van der Waals surface area contributed by atoms with Crippen molar-refractivity contribution in [1.82, 2.24) is 9.29 Å². The second-order valence-electron chi connectivity index (χ2n) is 4.59. The SMILES string of the molecule is CCC1COC(C)CN1S(=O)(=O)c1cnccc1Cl. The van der Waals surface area contributed by atoms with Gasteiger partial charge in [0.1, 0.15) is 4.90 Å². The largest absolute Gasteiger partial charge is 0.375 e. The number of morpholine rings is 1. The third-order valence-corrected chi connectivity index (χ3v) is 5.60. The minimum absolute atomic E-state index is 0.0595. The highest BCUT2D eigenvalue weighted by atomic mass is 35.5. The van der Waals surface area contributed by atoms with Crippen LogP contribution in [0, 0.1) is 0 Å². The lowest BCUT2D eigenvalue weighted by atomic mass is 10.2. The zero-order valence-corrected chi connectivity index (χ0v) is 12.5. The van der Waals surface area contributed by atoms with Gasteiger partial charge in [-0.05, 0) is 19.4 Å². The van der Waals surface area contributed by atoms with Crippen LogP contribution in [0.4, 0.5) is 0 Å². The molecule has 7 heteroatoms. The summed E-state index contributed by atoms with van der Waals surface area (Å²) in [5.41, 5.74) is 0. The molecule has 1 aliphatic heterocycles. The lowest BCUT2D eigenvalue weighted by molar-refractivity contribution is -0.0230. The monoisotopic (exact) mass is 304 g/mol. The van der Waals surface area contributed by atoms with Crippen LogP contribution in [0.1, 0.15) is 20.3 Å². The van der Waals surface area contributed by atoms with Gasteiger partial charge in [0.15, 0.2) is 0 Å². The van der Waals surface area contributed by atoms with Crippen LogP contribution in [-0.2, 0) is 14.8 Å². The predicted molar refractivity (Wildman–Crippen MR) is 72.6 cm³/mol. The van der Waals surface area contributed by atoms with Gasteiger partial charge in [0.05, 0.1) is 17.7 Å². The molecule has 1 fully saturated rings. The van der Waals surface area contributed by atoms with Crippen molar-refractivity contribution >= 4 is 21.6 Å². The molecule has 106 valence electrons. The van der Waals surface area contributed by atoms with E-state index in [1.807, 2.05) is 13.8 Å². The molecule has 1 aromatic rings. The van der Waals surface area contributed by atoms with Crippen molar-refractivity contribution in [3.8, 4) is 0 Å². The van der Waals surface area contributed by atoms with Crippen LogP contribution in [0.5, 0.6) is 0 Å². The van der Waals surface area contributed by atoms with Crippen molar-refractivity contribution < 1.29 is 13.2 Å². The number of hydrogen-bond donors (Lipinski definition) is 0. The van der Waals surface area contributed by atoms with E-state index in [0.29, 0.717) is 19.6 Å². The number of rotatable bonds is 3. The average Bonchev–Trinajstić information content (AvgIpc) is 2.39. The smallest absolute Gasteiger partial charge is 0.246 e. The molecule has 0 amide bonds. The zero-order valence-electron chi connectivity index (χ0n) is 10.9. The minimum atomic E-state index is -3.63. The van der Waals surface area contributed by atoms with Crippen LogP contribution >= 0.6 is 11.6 Å². The summed E-state index contributed by atoms with van der Waals surface area (Å²) in [6.45, 7) is 4.55. The first-order valence-corrected chi connectivity index (χ1v) is 8.01. The van der Waals surface area contributed by atoms with E-state index in [1.165, 1.54) is 22.8 Å². The fourth-order valence-electron chi connectivity index (χ4n) is 2.11. The van der Waals surface area contributed by atoms with Crippen molar-refractivity contribution in [3.05, 3.63) is 23.5 Å². The summed E-state index contributed by atoms with van der Waals surface area (Å²) in [7, 11) is -3.63. The van der Waals surface area contributed by atoms with Gasteiger partial charge in [0.2, 0.25) is 10.0 Å². The van der Waals surface area contributed by atoms with Crippen molar-refractivity contribution in [2.45, 2.75) is 37.3 Å². The highest BCUT2D eigenvalue weighted by Gasteiger charge is 2.36. The molecule has 0 saturated carbocycles. The number of aromatic nitrogens is 1. The maximum atomic E-state index is 12.7. The Morgan fingerprint density at radius 3 is 2.95 bits per heavy atom. The fourth-order valence-corrected chi connectivity index (χ4v) is 4.28.